The molecule has 0 aromatic heterocycles. The van der Waals surface area contributed by atoms with Crippen LogP contribution in [0.4, 0.5) is 15.8 Å². The molecule has 0 spiro atoms. The highest BCUT2D eigenvalue weighted by atomic mass is 19.1. The summed E-state index contributed by atoms with van der Waals surface area (Å²) in [4.78, 5) is 13.5. The van der Waals surface area contributed by atoms with Crippen LogP contribution in [0.3, 0.4) is 0 Å². The predicted octanol–water partition coefficient (Wildman–Crippen LogP) is 1.15. The number of nitro benzene ring substituents is 1. The third kappa shape index (κ3) is 1.52. The van der Waals surface area contributed by atoms with Gasteiger partial charge in [-0.1, -0.05) is 0 Å². The lowest BCUT2D eigenvalue weighted by molar-refractivity contribution is -0.387. The average molecular weight is 210 g/mol. The summed E-state index contributed by atoms with van der Waals surface area (Å²) in [5, 5.41) is 13.1. The van der Waals surface area contributed by atoms with Crippen LogP contribution in [0.1, 0.15) is 11.7 Å². The maximum Gasteiger partial charge on any atom is 0.305 e. The minimum absolute atomic E-state index is 0.403. The molecule has 1 atom stereocenters. The first-order chi connectivity index (χ1) is 7.09. The van der Waals surface area contributed by atoms with Crippen LogP contribution in [-0.2, 0) is 0 Å². The lowest BCUT2D eigenvalue weighted by atomic mass is 10.1. The summed E-state index contributed by atoms with van der Waals surface area (Å²) in [5.41, 5.74) is 5.80. The second-order valence-electron chi connectivity index (χ2n) is 3.02. The minimum Gasteiger partial charge on any atom is -0.346 e. The first-order valence-corrected chi connectivity index (χ1v) is 4.11. The zero-order valence-corrected chi connectivity index (χ0v) is 7.48. The molecule has 0 saturated carbocycles. The van der Waals surface area contributed by atoms with Crippen molar-refractivity contribution in [2.24, 2.45) is 10.7 Å². The molecule has 0 fully saturated rings. The van der Waals surface area contributed by atoms with E-state index in [-0.39, 0.29) is 0 Å². The van der Waals surface area contributed by atoms with E-state index in [1.54, 1.807) is 0 Å². The maximum atomic E-state index is 13.2. The van der Waals surface area contributed by atoms with E-state index in [1.165, 1.54) is 6.34 Å². The summed E-state index contributed by atoms with van der Waals surface area (Å²) >= 11 is 0. The number of halogens is 1. The summed E-state index contributed by atoms with van der Waals surface area (Å²) in [6.07, 6.45) is 0.638. The van der Waals surface area contributed by atoms with Crippen LogP contribution in [0.15, 0.2) is 17.1 Å². The van der Waals surface area contributed by atoms with Crippen molar-refractivity contribution in [1.29, 1.82) is 0 Å². The molecule has 2 rings (SSSR count). The van der Waals surface area contributed by atoms with Gasteiger partial charge in [-0.05, 0) is 0 Å². The van der Waals surface area contributed by atoms with Crippen LogP contribution in [0, 0.1) is 15.9 Å². The number of aliphatic imine (C=N–C) groups is 1. The molecule has 0 saturated heterocycles. The lowest BCUT2D eigenvalue weighted by Crippen LogP contribution is -2.17. The van der Waals surface area contributed by atoms with Gasteiger partial charge in [0.15, 0.2) is 0 Å². The number of nitrogens with zero attached hydrogens (tertiary/aromatic N) is 2. The SMILES string of the molecule is NC1N=CNc2cc(F)c([N+](=O)[O-])cc21. The number of nitrogens with one attached hydrogen (secondary N) is 1. The molecule has 6 nitrogen and oxygen atoms in total. The van der Waals surface area contributed by atoms with Crippen molar-refractivity contribution in [3.8, 4) is 0 Å². The van der Waals surface area contributed by atoms with E-state index in [1.807, 2.05) is 0 Å². The molecule has 1 aromatic carbocycles. The smallest absolute Gasteiger partial charge is 0.305 e. The van der Waals surface area contributed by atoms with Crippen LogP contribution < -0.4 is 11.1 Å². The Morgan fingerprint density at radius 1 is 1.60 bits per heavy atom. The number of rotatable bonds is 1. The van der Waals surface area contributed by atoms with Gasteiger partial charge in [0.05, 0.1) is 11.3 Å². The van der Waals surface area contributed by atoms with Crippen molar-refractivity contribution >= 4 is 17.7 Å². The van der Waals surface area contributed by atoms with E-state index in [4.69, 9.17) is 5.73 Å². The molecule has 0 amide bonds. The normalized spacial score (nSPS) is 18.1. The third-order valence-corrected chi connectivity index (χ3v) is 2.09. The largest absolute Gasteiger partial charge is 0.346 e. The Kier molecular flexibility index (Phi) is 2.09. The Morgan fingerprint density at radius 2 is 2.33 bits per heavy atom. The standard InChI is InChI=1S/C8H7FN4O2/c9-5-2-6-4(1-7(5)13(14)15)8(10)12-3-11-6/h1-3,8H,10H2,(H,11,12). The van der Waals surface area contributed by atoms with Gasteiger partial charge in [-0.2, -0.15) is 4.39 Å². The zero-order chi connectivity index (χ0) is 11.0. The van der Waals surface area contributed by atoms with E-state index in [2.05, 4.69) is 10.3 Å². The topological polar surface area (TPSA) is 93.5 Å². The number of anilines is 1. The third-order valence-electron chi connectivity index (χ3n) is 2.09. The highest BCUT2D eigenvalue weighted by Gasteiger charge is 2.22. The molecule has 0 bridgehead atoms. The summed E-state index contributed by atoms with van der Waals surface area (Å²) < 4.78 is 13.2. The van der Waals surface area contributed by atoms with Gasteiger partial charge in [0.25, 0.3) is 0 Å². The first-order valence-electron chi connectivity index (χ1n) is 4.11. The van der Waals surface area contributed by atoms with Crippen LogP contribution in [0.25, 0.3) is 0 Å². The zero-order valence-electron chi connectivity index (χ0n) is 7.48. The first kappa shape index (κ1) is 9.53. The highest BCUT2D eigenvalue weighted by molar-refractivity contribution is 5.81. The van der Waals surface area contributed by atoms with E-state index in [9.17, 15) is 14.5 Å². The second-order valence-corrected chi connectivity index (χ2v) is 3.02. The van der Waals surface area contributed by atoms with Crippen molar-refractivity contribution in [3.05, 3.63) is 33.6 Å². The van der Waals surface area contributed by atoms with Crippen LogP contribution >= 0.6 is 0 Å². The molecule has 1 aliphatic rings. The van der Waals surface area contributed by atoms with Crippen molar-refractivity contribution < 1.29 is 9.31 Å². The fourth-order valence-electron chi connectivity index (χ4n) is 1.36. The molecule has 7 heteroatoms. The van der Waals surface area contributed by atoms with E-state index >= 15 is 0 Å². The van der Waals surface area contributed by atoms with E-state index < -0.39 is 22.6 Å². The Morgan fingerprint density at radius 3 is 3.00 bits per heavy atom. The Labute approximate surface area is 83.8 Å². The average Bonchev–Trinajstić information content (AvgIpc) is 2.16. The van der Waals surface area contributed by atoms with Gasteiger partial charge in [0.1, 0.15) is 6.17 Å². The van der Waals surface area contributed by atoms with Crippen LogP contribution in [-0.4, -0.2) is 11.3 Å². The van der Waals surface area contributed by atoms with Crippen LogP contribution in [0.5, 0.6) is 0 Å². The Bertz CT molecular complexity index is 460. The number of nitrogens with two attached hydrogens (primary N) is 1. The maximum absolute atomic E-state index is 13.2. The molecule has 1 aromatic rings. The van der Waals surface area contributed by atoms with Gasteiger partial charge in [-0.15, -0.1) is 0 Å². The van der Waals surface area contributed by atoms with E-state index in [0.29, 0.717) is 11.3 Å². The lowest BCUT2D eigenvalue weighted by Gasteiger charge is -2.17. The van der Waals surface area contributed by atoms with Crippen molar-refractivity contribution in [2.45, 2.75) is 6.17 Å². The number of hydrogen-bond acceptors (Lipinski definition) is 5. The van der Waals surface area contributed by atoms with Crippen molar-refractivity contribution in [2.75, 3.05) is 5.32 Å². The number of benzene rings is 1. The van der Waals surface area contributed by atoms with Crippen molar-refractivity contribution in [1.82, 2.24) is 0 Å². The summed E-state index contributed by atoms with van der Waals surface area (Å²) in [7, 11) is 0. The molecule has 15 heavy (non-hydrogen) atoms. The fourth-order valence-corrected chi connectivity index (χ4v) is 1.36. The van der Waals surface area contributed by atoms with Gasteiger partial charge in [-0.25, -0.2) is 0 Å². The predicted molar refractivity (Wildman–Crippen MR) is 52.1 cm³/mol. The number of nitro groups is 1. The molecule has 78 valence electrons. The molecular formula is C8H7FN4O2. The monoisotopic (exact) mass is 210 g/mol. The summed E-state index contributed by atoms with van der Waals surface area (Å²) in [6, 6.07) is 2.14. The van der Waals surface area contributed by atoms with Crippen molar-refractivity contribution in [3.63, 3.8) is 0 Å². The molecule has 1 aliphatic heterocycles. The molecule has 3 N–H and O–H groups in total. The molecule has 0 aliphatic carbocycles. The Hall–Kier alpha value is -2.02. The summed E-state index contributed by atoms with van der Waals surface area (Å²) in [5.74, 6) is -0.895. The number of hydrogen-bond donors (Lipinski definition) is 2. The molecule has 1 unspecified atom stereocenters. The molecular weight excluding hydrogens is 203 g/mol. The summed E-state index contributed by atoms with van der Waals surface area (Å²) in [6.45, 7) is 0. The molecule has 1 heterocycles. The molecule has 0 radical (unpaired) electrons. The van der Waals surface area contributed by atoms with Gasteiger partial charge < -0.3 is 11.1 Å². The Balaban J connectivity index is 2.58. The van der Waals surface area contributed by atoms with Gasteiger partial charge in [0.2, 0.25) is 5.82 Å². The second kappa shape index (κ2) is 3.28. The van der Waals surface area contributed by atoms with Gasteiger partial charge in [-0.3, -0.25) is 15.1 Å². The van der Waals surface area contributed by atoms with E-state index in [0.717, 1.165) is 12.1 Å². The minimum atomic E-state index is -0.895. The van der Waals surface area contributed by atoms with Crippen LogP contribution in [0.2, 0.25) is 0 Å². The van der Waals surface area contributed by atoms with Gasteiger partial charge in [0, 0.05) is 23.4 Å². The van der Waals surface area contributed by atoms with Gasteiger partial charge >= 0.3 is 5.69 Å². The fraction of sp³-hybridized carbons (Fsp3) is 0.125. The number of fused-ring (bicyclic) bond motifs is 1. The highest BCUT2D eigenvalue weighted by Crippen LogP contribution is 2.31. The quantitative estimate of drug-likeness (QED) is 0.537.